The molecule has 1 aliphatic rings. The monoisotopic (exact) mass is 232 g/mol. The van der Waals surface area contributed by atoms with Crippen LogP contribution in [0.1, 0.15) is 37.8 Å². The van der Waals surface area contributed by atoms with Crippen LogP contribution in [0.15, 0.2) is 18.2 Å². The number of benzene rings is 1. The second kappa shape index (κ2) is 5.09. The number of hydrogen-bond acceptors (Lipinski definition) is 2. The largest absolute Gasteiger partial charge is 0.369 e. The zero-order valence-electron chi connectivity index (χ0n) is 11.2. The van der Waals surface area contributed by atoms with Gasteiger partial charge in [-0.3, -0.25) is 0 Å². The summed E-state index contributed by atoms with van der Waals surface area (Å²) in [4.78, 5) is 2.54. The number of nitrogens with two attached hydrogens (primary N) is 1. The second-order valence-corrected chi connectivity index (χ2v) is 5.33. The van der Waals surface area contributed by atoms with Crippen molar-refractivity contribution in [2.45, 2.75) is 52.1 Å². The topological polar surface area (TPSA) is 29.3 Å². The smallest absolute Gasteiger partial charge is 0.0401 e. The molecule has 0 heterocycles. The molecule has 2 rings (SSSR count). The molecule has 1 aromatic rings. The normalized spacial score (nSPS) is 16.9. The lowest BCUT2D eigenvalue weighted by Crippen LogP contribution is -2.27. The second-order valence-electron chi connectivity index (χ2n) is 5.33. The minimum absolute atomic E-state index is 0.230. The van der Waals surface area contributed by atoms with Gasteiger partial charge >= 0.3 is 0 Å². The lowest BCUT2D eigenvalue weighted by atomic mass is 10.0. The van der Waals surface area contributed by atoms with Crippen LogP contribution in [0.3, 0.4) is 0 Å². The van der Waals surface area contributed by atoms with E-state index in [1.807, 2.05) is 0 Å². The fourth-order valence-electron chi connectivity index (χ4n) is 2.52. The highest BCUT2D eigenvalue weighted by Gasteiger charge is 2.29. The quantitative estimate of drug-likeness (QED) is 0.846. The molecular weight excluding hydrogens is 208 g/mol. The van der Waals surface area contributed by atoms with Gasteiger partial charge in [-0.25, -0.2) is 0 Å². The van der Waals surface area contributed by atoms with Crippen LogP contribution in [0, 0.1) is 6.92 Å². The number of aryl methyl sites for hydroxylation is 1. The standard InChI is InChI=1S/C15H24N2/c1-4-17(14-6-7-14)15-8-5-11(2)9-13(15)10-12(3)16/h5,8-9,12,14H,4,6-7,10,16H2,1-3H3. The molecule has 2 heteroatoms. The van der Waals surface area contributed by atoms with Crippen molar-refractivity contribution in [3.63, 3.8) is 0 Å². The third-order valence-corrected chi connectivity index (χ3v) is 3.41. The molecule has 0 bridgehead atoms. The van der Waals surface area contributed by atoms with E-state index >= 15 is 0 Å². The Hall–Kier alpha value is -1.02. The fourth-order valence-corrected chi connectivity index (χ4v) is 2.52. The molecule has 94 valence electrons. The van der Waals surface area contributed by atoms with Crippen molar-refractivity contribution in [2.24, 2.45) is 5.73 Å². The molecule has 2 N–H and O–H groups in total. The highest BCUT2D eigenvalue weighted by molar-refractivity contribution is 5.56. The van der Waals surface area contributed by atoms with Crippen LogP contribution < -0.4 is 10.6 Å². The molecule has 0 spiro atoms. The van der Waals surface area contributed by atoms with Crippen molar-refractivity contribution in [1.82, 2.24) is 0 Å². The minimum Gasteiger partial charge on any atom is -0.369 e. The van der Waals surface area contributed by atoms with E-state index in [1.165, 1.54) is 29.7 Å². The minimum atomic E-state index is 0.230. The summed E-state index contributed by atoms with van der Waals surface area (Å²) in [5, 5.41) is 0. The van der Waals surface area contributed by atoms with Gasteiger partial charge < -0.3 is 10.6 Å². The van der Waals surface area contributed by atoms with Crippen LogP contribution in [-0.2, 0) is 6.42 Å². The lowest BCUT2D eigenvalue weighted by Gasteiger charge is -2.26. The molecule has 1 atom stereocenters. The van der Waals surface area contributed by atoms with Crippen molar-refractivity contribution in [1.29, 1.82) is 0 Å². The van der Waals surface area contributed by atoms with Gasteiger partial charge in [0.1, 0.15) is 0 Å². The van der Waals surface area contributed by atoms with Crippen molar-refractivity contribution in [2.75, 3.05) is 11.4 Å². The van der Waals surface area contributed by atoms with Gasteiger partial charge in [0.05, 0.1) is 0 Å². The molecule has 0 radical (unpaired) electrons. The predicted molar refractivity (Wildman–Crippen MR) is 74.6 cm³/mol. The molecule has 0 aliphatic heterocycles. The van der Waals surface area contributed by atoms with Gasteiger partial charge in [-0.05, 0) is 51.7 Å². The maximum Gasteiger partial charge on any atom is 0.0401 e. The average molecular weight is 232 g/mol. The van der Waals surface area contributed by atoms with Crippen molar-refractivity contribution < 1.29 is 0 Å². The first-order chi connectivity index (χ1) is 8.11. The predicted octanol–water partition coefficient (Wildman–Crippen LogP) is 2.87. The Morgan fingerprint density at radius 3 is 2.65 bits per heavy atom. The first-order valence-electron chi connectivity index (χ1n) is 6.73. The lowest BCUT2D eigenvalue weighted by molar-refractivity contribution is 0.728. The number of hydrogen-bond donors (Lipinski definition) is 1. The number of anilines is 1. The van der Waals surface area contributed by atoms with E-state index in [0.29, 0.717) is 0 Å². The zero-order valence-corrected chi connectivity index (χ0v) is 11.2. The van der Waals surface area contributed by atoms with E-state index in [-0.39, 0.29) is 6.04 Å². The molecule has 0 saturated heterocycles. The van der Waals surface area contributed by atoms with E-state index in [1.54, 1.807) is 0 Å². The molecule has 1 aliphatic carbocycles. The summed E-state index contributed by atoms with van der Waals surface area (Å²) in [6, 6.07) is 7.78. The van der Waals surface area contributed by atoms with Crippen LogP contribution in [-0.4, -0.2) is 18.6 Å². The Balaban J connectivity index is 2.29. The van der Waals surface area contributed by atoms with Crippen LogP contribution in [0.25, 0.3) is 0 Å². The first kappa shape index (κ1) is 12.4. The summed E-state index contributed by atoms with van der Waals surface area (Å²) in [5.41, 5.74) is 10.1. The third kappa shape index (κ3) is 3.01. The molecule has 0 aromatic heterocycles. The molecular formula is C15H24N2. The maximum absolute atomic E-state index is 5.96. The van der Waals surface area contributed by atoms with E-state index < -0.39 is 0 Å². The number of nitrogens with zero attached hydrogens (tertiary/aromatic N) is 1. The van der Waals surface area contributed by atoms with Crippen molar-refractivity contribution in [3.8, 4) is 0 Å². The van der Waals surface area contributed by atoms with Gasteiger partial charge in [0.2, 0.25) is 0 Å². The Labute approximate surface area is 105 Å². The highest BCUT2D eigenvalue weighted by atomic mass is 15.2. The van der Waals surface area contributed by atoms with E-state index in [4.69, 9.17) is 5.73 Å². The van der Waals surface area contributed by atoms with Crippen molar-refractivity contribution in [3.05, 3.63) is 29.3 Å². The summed E-state index contributed by atoms with van der Waals surface area (Å²) in [6.45, 7) is 7.58. The van der Waals surface area contributed by atoms with Gasteiger partial charge in [0.15, 0.2) is 0 Å². The molecule has 1 unspecified atom stereocenters. The van der Waals surface area contributed by atoms with Crippen molar-refractivity contribution >= 4 is 5.69 Å². The Bertz CT molecular complexity index is 381. The molecule has 1 fully saturated rings. The summed E-state index contributed by atoms with van der Waals surface area (Å²) < 4.78 is 0. The van der Waals surface area contributed by atoms with Gasteiger partial charge in [-0.15, -0.1) is 0 Å². The summed E-state index contributed by atoms with van der Waals surface area (Å²) >= 11 is 0. The summed E-state index contributed by atoms with van der Waals surface area (Å²) in [5.74, 6) is 0. The highest BCUT2D eigenvalue weighted by Crippen LogP contribution is 2.34. The van der Waals surface area contributed by atoms with E-state index in [2.05, 4.69) is 43.9 Å². The van der Waals surface area contributed by atoms with Crippen LogP contribution in [0.5, 0.6) is 0 Å². The fraction of sp³-hybridized carbons (Fsp3) is 0.600. The molecule has 17 heavy (non-hydrogen) atoms. The Morgan fingerprint density at radius 1 is 1.41 bits per heavy atom. The average Bonchev–Trinajstić information content (AvgIpc) is 3.05. The molecule has 0 amide bonds. The van der Waals surface area contributed by atoms with Crippen LogP contribution in [0.4, 0.5) is 5.69 Å². The van der Waals surface area contributed by atoms with Crippen LogP contribution in [0.2, 0.25) is 0 Å². The molecule has 1 aromatic carbocycles. The zero-order chi connectivity index (χ0) is 12.4. The van der Waals surface area contributed by atoms with Gasteiger partial charge in [-0.1, -0.05) is 17.7 Å². The van der Waals surface area contributed by atoms with E-state index in [0.717, 1.165) is 19.0 Å². The summed E-state index contributed by atoms with van der Waals surface area (Å²) in [6.07, 6.45) is 3.67. The third-order valence-electron chi connectivity index (χ3n) is 3.41. The molecule has 1 saturated carbocycles. The van der Waals surface area contributed by atoms with Gasteiger partial charge in [-0.2, -0.15) is 0 Å². The Morgan fingerprint density at radius 2 is 2.12 bits per heavy atom. The van der Waals surface area contributed by atoms with E-state index in [9.17, 15) is 0 Å². The SMILES string of the molecule is CCN(c1ccc(C)cc1CC(C)N)C1CC1. The van der Waals surface area contributed by atoms with Gasteiger partial charge in [0.25, 0.3) is 0 Å². The molecule has 2 nitrogen and oxygen atoms in total. The van der Waals surface area contributed by atoms with Gasteiger partial charge in [0, 0.05) is 24.3 Å². The summed E-state index contributed by atoms with van der Waals surface area (Å²) in [7, 11) is 0. The maximum atomic E-state index is 5.96. The van der Waals surface area contributed by atoms with Crippen LogP contribution >= 0.6 is 0 Å². The first-order valence-corrected chi connectivity index (χ1v) is 6.73. The Kier molecular flexibility index (Phi) is 3.72. The number of rotatable bonds is 5.